The van der Waals surface area contributed by atoms with Crippen molar-refractivity contribution in [3.8, 4) is 11.3 Å². The molecule has 2 heterocycles. The Bertz CT molecular complexity index is 1340. The molecule has 0 bridgehead atoms. The summed E-state index contributed by atoms with van der Waals surface area (Å²) in [7, 11) is 1.80. The lowest BCUT2D eigenvalue weighted by Gasteiger charge is -2.19. The number of aromatic nitrogens is 4. The number of rotatable bonds is 6. The Hall–Kier alpha value is -3.36. The van der Waals surface area contributed by atoms with Gasteiger partial charge in [0.2, 0.25) is 5.91 Å². The van der Waals surface area contributed by atoms with E-state index in [0.717, 1.165) is 22.3 Å². The monoisotopic (exact) mass is 529 g/mol. The minimum Gasteiger partial charge on any atom is -0.442 e. The van der Waals surface area contributed by atoms with E-state index in [4.69, 9.17) is 27.9 Å². The van der Waals surface area contributed by atoms with Gasteiger partial charge in [-0.05, 0) is 75.6 Å². The van der Waals surface area contributed by atoms with E-state index >= 15 is 0 Å². The number of benzene rings is 1. The summed E-state index contributed by atoms with van der Waals surface area (Å²) >= 11 is 12.2. The van der Waals surface area contributed by atoms with Gasteiger partial charge in [-0.1, -0.05) is 18.2 Å². The standard InChI is InChI=1S/C26H29Cl2N5O3/c1-8-21-19(10-16(3)23-15(2)9-18(11-20(23)28)30-22(34)12-27)24(17-13-29-32(7)14-17)31-33(21)25(35)36-26(4,5)6/h8-11,13-14H,1,12H2,2-7H3,(H,30,34)/b16-10+. The van der Waals surface area contributed by atoms with Crippen LogP contribution in [0.1, 0.15) is 50.1 Å². The Labute approximate surface area is 220 Å². The zero-order chi connectivity index (χ0) is 26.8. The van der Waals surface area contributed by atoms with Crippen LogP contribution in [-0.2, 0) is 16.6 Å². The largest absolute Gasteiger partial charge is 0.442 e. The highest BCUT2D eigenvalue weighted by Crippen LogP contribution is 2.35. The topological polar surface area (TPSA) is 91.0 Å². The van der Waals surface area contributed by atoms with Gasteiger partial charge < -0.3 is 10.1 Å². The first-order valence-electron chi connectivity index (χ1n) is 11.2. The fourth-order valence-corrected chi connectivity index (χ4v) is 4.26. The molecule has 0 atom stereocenters. The van der Waals surface area contributed by atoms with Crippen molar-refractivity contribution in [3.05, 3.63) is 58.5 Å². The van der Waals surface area contributed by atoms with Crippen LogP contribution in [-0.4, -0.2) is 43.0 Å². The van der Waals surface area contributed by atoms with Gasteiger partial charge in [0, 0.05) is 30.1 Å². The van der Waals surface area contributed by atoms with Crippen molar-refractivity contribution < 1.29 is 14.3 Å². The molecule has 0 aliphatic heterocycles. The van der Waals surface area contributed by atoms with Crippen LogP contribution in [0.2, 0.25) is 5.02 Å². The maximum atomic E-state index is 13.0. The third-order valence-corrected chi connectivity index (χ3v) is 5.69. The Balaban J connectivity index is 2.18. The Morgan fingerprint density at radius 3 is 2.50 bits per heavy atom. The quantitative estimate of drug-likeness (QED) is 0.372. The summed E-state index contributed by atoms with van der Waals surface area (Å²) in [6.07, 6.45) is 6.34. The van der Waals surface area contributed by atoms with Gasteiger partial charge in [0.25, 0.3) is 0 Å². The van der Waals surface area contributed by atoms with Crippen molar-refractivity contribution in [2.75, 3.05) is 11.2 Å². The lowest BCUT2D eigenvalue weighted by atomic mass is 9.97. The maximum absolute atomic E-state index is 13.0. The average molecular weight is 530 g/mol. The van der Waals surface area contributed by atoms with E-state index in [1.54, 1.807) is 50.8 Å². The van der Waals surface area contributed by atoms with Crippen molar-refractivity contribution >= 4 is 58.6 Å². The van der Waals surface area contributed by atoms with Crippen molar-refractivity contribution in [1.82, 2.24) is 19.6 Å². The van der Waals surface area contributed by atoms with Gasteiger partial charge in [0.1, 0.15) is 17.2 Å². The van der Waals surface area contributed by atoms with Crippen LogP contribution in [0.3, 0.4) is 0 Å². The lowest BCUT2D eigenvalue weighted by molar-refractivity contribution is -0.113. The minimum atomic E-state index is -0.701. The van der Waals surface area contributed by atoms with E-state index in [2.05, 4.69) is 22.1 Å². The van der Waals surface area contributed by atoms with Crippen LogP contribution < -0.4 is 5.32 Å². The van der Waals surface area contributed by atoms with Crippen molar-refractivity contribution in [2.24, 2.45) is 7.05 Å². The first-order chi connectivity index (χ1) is 16.8. The van der Waals surface area contributed by atoms with Gasteiger partial charge in [0.15, 0.2) is 0 Å². The summed E-state index contributed by atoms with van der Waals surface area (Å²) in [5.41, 5.74) is 4.73. The number of alkyl halides is 1. The van der Waals surface area contributed by atoms with Crippen LogP contribution in [0, 0.1) is 6.92 Å². The molecule has 10 heteroatoms. The zero-order valence-corrected chi connectivity index (χ0v) is 22.7. The molecule has 0 unspecified atom stereocenters. The normalized spacial score (nSPS) is 11.9. The molecular weight excluding hydrogens is 501 g/mol. The average Bonchev–Trinajstić information content (AvgIpc) is 3.35. The Kier molecular flexibility index (Phi) is 8.11. The highest BCUT2D eigenvalue weighted by molar-refractivity contribution is 6.33. The molecule has 0 saturated carbocycles. The van der Waals surface area contributed by atoms with E-state index in [1.165, 1.54) is 4.68 Å². The number of hydrogen-bond donors (Lipinski definition) is 1. The smallest absolute Gasteiger partial charge is 0.435 e. The molecular formula is C26H29Cl2N5O3. The second-order valence-corrected chi connectivity index (χ2v) is 9.98. The molecule has 8 nitrogen and oxygen atoms in total. The van der Waals surface area contributed by atoms with Crippen LogP contribution in [0.4, 0.5) is 10.5 Å². The predicted octanol–water partition coefficient (Wildman–Crippen LogP) is 6.41. The van der Waals surface area contributed by atoms with Crippen molar-refractivity contribution in [3.63, 3.8) is 0 Å². The molecule has 3 aromatic rings. The predicted molar refractivity (Wildman–Crippen MR) is 145 cm³/mol. The number of hydrogen-bond acceptors (Lipinski definition) is 5. The number of carbonyl (C=O) groups excluding carboxylic acids is 2. The molecule has 0 radical (unpaired) electrons. The van der Waals surface area contributed by atoms with Gasteiger partial charge in [-0.25, -0.2) is 4.79 Å². The van der Waals surface area contributed by atoms with E-state index < -0.39 is 11.7 Å². The number of aryl methyl sites for hydroxylation is 2. The maximum Gasteiger partial charge on any atom is 0.435 e. The summed E-state index contributed by atoms with van der Waals surface area (Å²) in [4.78, 5) is 24.7. The van der Waals surface area contributed by atoms with E-state index in [1.807, 2.05) is 32.2 Å². The first kappa shape index (κ1) is 27.2. The second kappa shape index (κ2) is 10.7. The molecule has 36 heavy (non-hydrogen) atoms. The summed E-state index contributed by atoms with van der Waals surface area (Å²) in [5.74, 6) is -0.473. The lowest BCUT2D eigenvalue weighted by Crippen LogP contribution is -2.28. The summed E-state index contributed by atoms with van der Waals surface area (Å²) in [5, 5.41) is 12.0. The van der Waals surface area contributed by atoms with Gasteiger partial charge in [-0.2, -0.15) is 14.9 Å². The van der Waals surface area contributed by atoms with Crippen LogP contribution in [0.15, 0.2) is 31.1 Å². The summed E-state index contributed by atoms with van der Waals surface area (Å²) < 4.78 is 8.43. The van der Waals surface area contributed by atoms with Gasteiger partial charge in [0.05, 0.1) is 16.9 Å². The van der Waals surface area contributed by atoms with E-state index in [9.17, 15) is 9.59 Å². The Morgan fingerprint density at radius 1 is 1.28 bits per heavy atom. The molecule has 2 aromatic heterocycles. The molecule has 0 saturated heterocycles. The molecule has 190 valence electrons. The molecule has 1 aromatic carbocycles. The second-order valence-electron chi connectivity index (χ2n) is 9.31. The number of nitrogens with zero attached hydrogens (tertiary/aromatic N) is 4. The SMILES string of the molecule is C=Cc1c(/C=C(\C)c2c(C)cc(NC(=O)CCl)cc2Cl)c(-c2cnn(C)c2)nn1C(=O)OC(C)(C)C. The fourth-order valence-electron chi connectivity index (χ4n) is 3.78. The number of carbonyl (C=O) groups is 2. The first-order valence-corrected chi connectivity index (χ1v) is 12.1. The third kappa shape index (κ3) is 6.06. The van der Waals surface area contributed by atoms with E-state index in [0.29, 0.717) is 27.7 Å². The molecule has 3 rings (SSSR count). The zero-order valence-electron chi connectivity index (χ0n) is 21.1. The highest BCUT2D eigenvalue weighted by atomic mass is 35.5. The molecule has 0 fully saturated rings. The molecule has 1 N–H and O–H groups in total. The number of allylic oxidation sites excluding steroid dienone is 1. The van der Waals surface area contributed by atoms with Crippen LogP contribution in [0.25, 0.3) is 29.0 Å². The number of halogens is 2. The van der Waals surface area contributed by atoms with E-state index in [-0.39, 0.29) is 11.8 Å². The Morgan fingerprint density at radius 2 is 1.97 bits per heavy atom. The molecule has 0 spiro atoms. The fraction of sp³-hybridized carbons (Fsp3) is 0.308. The number of amides is 1. The summed E-state index contributed by atoms with van der Waals surface area (Å²) in [6.45, 7) is 13.1. The number of anilines is 1. The summed E-state index contributed by atoms with van der Waals surface area (Å²) in [6, 6.07) is 3.50. The number of ether oxygens (including phenoxy) is 1. The molecule has 1 amide bonds. The van der Waals surface area contributed by atoms with Gasteiger partial charge >= 0.3 is 6.09 Å². The van der Waals surface area contributed by atoms with Crippen molar-refractivity contribution in [1.29, 1.82) is 0 Å². The van der Waals surface area contributed by atoms with Crippen LogP contribution in [0.5, 0.6) is 0 Å². The minimum absolute atomic E-state index is 0.152. The molecule has 0 aliphatic rings. The molecule has 0 aliphatic carbocycles. The van der Waals surface area contributed by atoms with Gasteiger partial charge in [-0.3, -0.25) is 9.48 Å². The van der Waals surface area contributed by atoms with Crippen molar-refractivity contribution in [2.45, 2.75) is 40.2 Å². The highest BCUT2D eigenvalue weighted by Gasteiger charge is 2.25. The third-order valence-electron chi connectivity index (χ3n) is 5.15. The van der Waals surface area contributed by atoms with Gasteiger partial charge in [-0.15, -0.1) is 11.6 Å². The number of nitrogens with one attached hydrogen (secondary N) is 1. The van der Waals surface area contributed by atoms with Crippen LogP contribution >= 0.6 is 23.2 Å².